The number of benzene rings is 1. The number of nitrogens with two attached hydrogens (primary N) is 1. The molecular weight excluding hydrogens is 302 g/mol. The van der Waals surface area contributed by atoms with Gasteiger partial charge in [-0.15, -0.1) is 12.4 Å². The summed E-state index contributed by atoms with van der Waals surface area (Å²) in [4.78, 5) is 23.3. The third-order valence-electron chi connectivity index (χ3n) is 3.09. The summed E-state index contributed by atoms with van der Waals surface area (Å²) in [6.07, 6.45) is 1.01. The van der Waals surface area contributed by atoms with Gasteiger partial charge in [-0.05, 0) is 18.1 Å². The zero-order valence-corrected chi connectivity index (χ0v) is 14.3. The molecule has 0 aliphatic heterocycles. The van der Waals surface area contributed by atoms with Gasteiger partial charge in [-0.25, -0.2) is 0 Å². The van der Waals surface area contributed by atoms with Crippen LogP contribution in [-0.2, 0) is 16.0 Å². The molecule has 4 N–H and O–H groups in total. The number of nitrogens with one attached hydrogen (secondary N) is 2. The zero-order chi connectivity index (χ0) is 15.9. The van der Waals surface area contributed by atoms with Gasteiger partial charge < -0.3 is 16.4 Å². The molecule has 22 heavy (non-hydrogen) atoms. The molecule has 0 bridgehead atoms. The summed E-state index contributed by atoms with van der Waals surface area (Å²) < 4.78 is 0. The molecule has 0 saturated carbocycles. The second-order valence-electron chi connectivity index (χ2n) is 6.05. The first kappa shape index (κ1) is 20.2. The predicted octanol–water partition coefficient (Wildman–Crippen LogP) is 1.90. The Morgan fingerprint density at radius 1 is 1.09 bits per heavy atom. The lowest BCUT2D eigenvalue weighted by Crippen LogP contribution is -2.39. The van der Waals surface area contributed by atoms with Gasteiger partial charge in [0.2, 0.25) is 11.8 Å². The Morgan fingerprint density at radius 3 is 2.27 bits per heavy atom. The van der Waals surface area contributed by atoms with E-state index in [0.717, 1.165) is 5.56 Å². The molecule has 1 aromatic carbocycles. The average Bonchev–Trinajstić information content (AvgIpc) is 2.41. The summed E-state index contributed by atoms with van der Waals surface area (Å²) in [5, 5.41) is 5.57. The van der Waals surface area contributed by atoms with Crippen LogP contribution in [0.25, 0.3) is 0 Å². The van der Waals surface area contributed by atoms with Crippen molar-refractivity contribution >= 4 is 29.9 Å². The van der Waals surface area contributed by atoms with Crippen molar-refractivity contribution < 1.29 is 9.59 Å². The molecular formula is C16H26ClN3O2. The van der Waals surface area contributed by atoms with Crippen molar-refractivity contribution in [3.8, 4) is 0 Å². The Bertz CT molecular complexity index is 498. The Labute approximate surface area is 138 Å². The standard InChI is InChI=1S/C16H25N3O2.ClH/c1-16(2,3)15(21)19-11-10-18-14(20)9-8-12-6-4-5-7-13(12)17;/h4-7H,8-11,17H2,1-3H3,(H,18,20)(H,19,21);1H. The molecule has 0 aromatic heterocycles. The number of carbonyl (C=O) groups excluding carboxylic acids is 2. The Hall–Kier alpha value is -1.75. The number of amides is 2. The topological polar surface area (TPSA) is 84.2 Å². The molecule has 2 amide bonds. The van der Waals surface area contributed by atoms with E-state index >= 15 is 0 Å². The minimum atomic E-state index is -0.408. The van der Waals surface area contributed by atoms with Gasteiger partial charge in [0, 0.05) is 30.6 Å². The number of hydrogen-bond donors (Lipinski definition) is 3. The first-order chi connectivity index (χ1) is 9.80. The molecule has 0 saturated heterocycles. The summed E-state index contributed by atoms with van der Waals surface area (Å²) in [5.41, 5.74) is 7.11. The molecule has 1 rings (SSSR count). The quantitative estimate of drug-likeness (QED) is 0.551. The van der Waals surface area contributed by atoms with Gasteiger partial charge in [0.1, 0.15) is 0 Å². The second kappa shape index (κ2) is 9.30. The van der Waals surface area contributed by atoms with Gasteiger partial charge in [0.05, 0.1) is 0 Å². The molecule has 124 valence electrons. The van der Waals surface area contributed by atoms with Crippen LogP contribution in [0, 0.1) is 5.41 Å². The number of anilines is 1. The fourth-order valence-electron chi connectivity index (χ4n) is 1.74. The number of aryl methyl sites for hydroxylation is 1. The molecule has 0 aliphatic carbocycles. The first-order valence-corrected chi connectivity index (χ1v) is 7.19. The molecule has 0 aliphatic rings. The van der Waals surface area contributed by atoms with Crippen molar-refractivity contribution in [3.63, 3.8) is 0 Å². The highest BCUT2D eigenvalue weighted by Gasteiger charge is 2.20. The van der Waals surface area contributed by atoms with E-state index in [1.807, 2.05) is 45.0 Å². The monoisotopic (exact) mass is 327 g/mol. The van der Waals surface area contributed by atoms with Crippen molar-refractivity contribution in [2.75, 3.05) is 18.8 Å². The maximum atomic E-state index is 11.7. The van der Waals surface area contributed by atoms with E-state index < -0.39 is 5.41 Å². The van der Waals surface area contributed by atoms with Crippen LogP contribution < -0.4 is 16.4 Å². The highest BCUT2D eigenvalue weighted by Crippen LogP contribution is 2.12. The SMILES string of the molecule is CC(C)(C)C(=O)NCCNC(=O)CCc1ccccc1N.Cl. The van der Waals surface area contributed by atoms with Crippen molar-refractivity contribution in [1.29, 1.82) is 0 Å². The molecule has 0 atom stereocenters. The highest BCUT2D eigenvalue weighted by atomic mass is 35.5. The fraction of sp³-hybridized carbons (Fsp3) is 0.500. The van der Waals surface area contributed by atoms with E-state index in [9.17, 15) is 9.59 Å². The zero-order valence-electron chi connectivity index (χ0n) is 13.4. The minimum absolute atomic E-state index is 0. The van der Waals surface area contributed by atoms with Gasteiger partial charge in [-0.3, -0.25) is 9.59 Å². The van der Waals surface area contributed by atoms with Gasteiger partial charge in [0.25, 0.3) is 0 Å². The fourth-order valence-corrected chi connectivity index (χ4v) is 1.74. The molecule has 0 fully saturated rings. The smallest absolute Gasteiger partial charge is 0.225 e. The van der Waals surface area contributed by atoms with Crippen LogP contribution in [0.1, 0.15) is 32.8 Å². The molecule has 0 radical (unpaired) electrons. The number of hydrogen-bond acceptors (Lipinski definition) is 3. The summed E-state index contributed by atoms with van der Waals surface area (Å²) in [7, 11) is 0. The van der Waals surface area contributed by atoms with Gasteiger partial charge >= 0.3 is 0 Å². The van der Waals surface area contributed by atoms with Crippen molar-refractivity contribution in [1.82, 2.24) is 10.6 Å². The molecule has 6 heteroatoms. The number of nitrogen functional groups attached to an aromatic ring is 1. The van der Waals surface area contributed by atoms with Crippen LogP contribution >= 0.6 is 12.4 Å². The van der Waals surface area contributed by atoms with E-state index in [2.05, 4.69) is 10.6 Å². The third-order valence-corrected chi connectivity index (χ3v) is 3.09. The van der Waals surface area contributed by atoms with Crippen LogP contribution in [0.3, 0.4) is 0 Å². The van der Waals surface area contributed by atoms with Gasteiger partial charge in [-0.1, -0.05) is 39.0 Å². The van der Waals surface area contributed by atoms with Crippen molar-refractivity contribution in [2.45, 2.75) is 33.6 Å². The summed E-state index contributed by atoms with van der Waals surface area (Å²) >= 11 is 0. The molecule has 0 spiro atoms. The van der Waals surface area contributed by atoms with Crippen LogP contribution in [0.15, 0.2) is 24.3 Å². The predicted molar refractivity (Wildman–Crippen MR) is 91.9 cm³/mol. The lowest BCUT2D eigenvalue weighted by Gasteiger charge is -2.17. The van der Waals surface area contributed by atoms with E-state index in [-0.39, 0.29) is 24.2 Å². The molecule has 0 unspecified atom stereocenters. The van der Waals surface area contributed by atoms with Crippen molar-refractivity contribution in [3.05, 3.63) is 29.8 Å². The van der Waals surface area contributed by atoms with Crippen molar-refractivity contribution in [2.24, 2.45) is 5.41 Å². The number of carbonyl (C=O) groups is 2. The van der Waals surface area contributed by atoms with Crippen LogP contribution in [0.4, 0.5) is 5.69 Å². The number of rotatable bonds is 6. The van der Waals surface area contributed by atoms with Crippen LogP contribution in [0.5, 0.6) is 0 Å². The summed E-state index contributed by atoms with van der Waals surface area (Å²) in [5.74, 6) is -0.0583. The number of halogens is 1. The first-order valence-electron chi connectivity index (χ1n) is 7.19. The number of para-hydroxylation sites is 1. The lowest BCUT2D eigenvalue weighted by molar-refractivity contribution is -0.128. The van der Waals surface area contributed by atoms with Gasteiger partial charge in [0.15, 0.2) is 0 Å². The summed E-state index contributed by atoms with van der Waals surface area (Å²) in [6.45, 7) is 6.43. The average molecular weight is 328 g/mol. The molecule has 1 aromatic rings. The van der Waals surface area contributed by atoms with Gasteiger partial charge in [-0.2, -0.15) is 0 Å². The Morgan fingerprint density at radius 2 is 1.68 bits per heavy atom. The minimum Gasteiger partial charge on any atom is -0.399 e. The third kappa shape index (κ3) is 7.31. The highest BCUT2D eigenvalue weighted by molar-refractivity contribution is 5.85. The van der Waals surface area contributed by atoms with E-state index in [1.165, 1.54) is 0 Å². The second-order valence-corrected chi connectivity index (χ2v) is 6.05. The maximum absolute atomic E-state index is 11.7. The Kier molecular flexibility index (Phi) is 8.56. The van der Waals surface area contributed by atoms with E-state index in [0.29, 0.717) is 31.6 Å². The lowest BCUT2D eigenvalue weighted by atomic mass is 9.96. The normalized spacial score (nSPS) is 10.5. The van der Waals surface area contributed by atoms with E-state index in [4.69, 9.17) is 5.73 Å². The van der Waals surface area contributed by atoms with E-state index in [1.54, 1.807) is 0 Å². The molecule has 0 heterocycles. The molecule has 5 nitrogen and oxygen atoms in total. The largest absolute Gasteiger partial charge is 0.399 e. The Balaban J connectivity index is 0.00000441. The summed E-state index contributed by atoms with van der Waals surface area (Å²) in [6, 6.07) is 7.53. The maximum Gasteiger partial charge on any atom is 0.225 e. The van der Waals surface area contributed by atoms with Crippen LogP contribution in [0.2, 0.25) is 0 Å². The van der Waals surface area contributed by atoms with Crippen LogP contribution in [-0.4, -0.2) is 24.9 Å².